The van der Waals surface area contributed by atoms with Crippen molar-refractivity contribution in [3.05, 3.63) is 16.7 Å². The van der Waals surface area contributed by atoms with Crippen molar-refractivity contribution in [2.24, 2.45) is 0 Å². The summed E-state index contributed by atoms with van der Waals surface area (Å²) < 4.78 is 35.1. The van der Waals surface area contributed by atoms with Gasteiger partial charge in [-0.2, -0.15) is 8.42 Å². The summed E-state index contributed by atoms with van der Waals surface area (Å²) in [6.45, 7) is -0.267. The number of hydrogen-bond acceptors (Lipinski definition) is 5. The average Bonchev–Trinajstić information content (AvgIpc) is 2.60. The maximum atomic E-state index is 12.9. The van der Waals surface area contributed by atoms with E-state index in [1.54, 1.807) is 0 Å². The average molecular weight is 338 g/mol. The Balaban J connectivity index is 2.33. The van der Waals surface area contributed by atoms with E-state index in [0.717, 1.165) is 4.90 Å². The minimum atomic E-state index is -4.74. The summed E-state index contributed by atoms with van der Waals surface area (Å²) in [5, 5.41) is -1.35. The number of nitrogen functional groups attached to an aromatic ring is 1. The fourth-order valence-electron chi connectivity index (χ4n) is 1.74. The molecule has 0 spiro atoms. The van der Waals surface area contributed by atoms with E-state index >= 15 is 0 Å². The number of amides is 1. The fourth-order valence-corrected chi connectivity index (χ4v) is 2.76. The molecule has 0 bridgehead atoms. The van der Waals surface area contributed by atoms with E-state index in [4.69, 9.17) is 5.73 Å². The molecule has 1 atom stereocenters. The minimum absolute atomic E-state index is 0.148. The first-order chi connectivity index (χ1) is 8.29. The first-order valence-electron chi connectivity index (χ1n) is 4.94. The van der Waals surface area contributed by atoms with Gasteiger partial charge in [-0.1, -0.05) is 0 Å². The Morgan fingerprint density at radius 3 is 2.72 bits per heavy atom. The molecule has 1 aliphatic heterocycles. The third kappa shape index (κ3) is 2.46. The van der Waals surface area contributed by atoms with Crippen molar-refractivity contribution in [3.63, 3.8) is 0 Å². The van der Waals surface area contributed by atoms with Crippen LogP contribution < -0.4 is 10.6 Å². The fraction of sp³-hybridized carbons (Fsp3) is 0.333. The zero-order valence-corrected chi connectivity index (χ0v) is 11.4. The summed E-state index contributed by atoms with van der Waals surface area (Å²) >= 11 is 3.16. The first-order valence-corrected chi connectivity index (χ1v) is 7.18. The van der Waals surface area contributed by atoms with Crippen LogP contribution in [0.3, 0.4) is 0 Å². The van der Waals surface area contributed by atoms with Crippen molar-refractivity contribution >= 4 is 43.6 Å². The van der Waals surface area contributed by atoms with Crippen molar-refractivity contribution in [2.45, 2.75) is 11.7 Å². The maximum Gasteiger partial charge on any atom is 0.307 e. The van der Waals surface area contributed by atoms with Gasteiger partial charge in [0.1, 0.15) is 5.25 Å². The van der Waals surface area contributed by atoms with E-state index in [9.17, 15) is 17.1 Å². The van der Waals surface area contributed by atoms with Crippen LogP contribution in [-0.4, -0.2) is 31.1 Å². The molecule has 2 heterocycles. The molecule has 98 valence electrons. The van der Waals surface area contributed by atoms with Gasteiger partial charge in [0.05, 0.1) is 5.69 Å². The summed E-state index contributed by atoms with van der Waals surface area (Å²) in [5.41, 5.74) is 5.91. The van der Waals surface area contributed by atoms with E-state index in [1.807, 2.05) is 0 Å². The molecule has 0 aromatic carbocycles. The Bertz CT molecular complexity index is 607. The molecule has 18 heavy (non-hydrogen) atoms. The van der Waals surface area contributed by atoms with Crippen molar-refractivity contribution < 1.29 is 17.1 Å². The second-order valence-corrected chi connectivity index (χ2v) is 6.41. The van der Waals surface area contributed by atoms with Crippen LogP contribution in [0.15, 0.2) is 16.7 Å². The number of nitrogens with zero attached hydrogens (tertiary/aromatic N) is 2. The van der Waals surface area contributed by atoms with Crippen LogP contribution in [0, 0.1) is 0 Å². The van der Waals surface area contributed by atoms with E-state index in [1.165, 1.54) is 12.3 Å². The van der Waals surface area contributed by atoms with E-state index < -0.39 is 27.8 Å². The Hall–Kier alpha value is -1.22. The Morgan fingerprint density at radius 1 is 1.56 bits per heavy atom. The molecular weight excluding hydrogens is 329 g/mol. The number of hydrogen-bond donors (Lipinski definition) is 1. The molecule has 1 amide bonds. The molecule has 0 saturated carbocycles. The lowest BCUT2D eigenvalue weighted by Gasteiger charge is -2.16. The number of carbonyl (C=O) groups excluding carboxylic acids is 1. The van der Waals surface area contributed by atoms with Crippen molar-refractivity contribution in [2.75, 3.05) is 17.2 Å². The summed E-state index contributed by atoms with van der Waals surface area (Å²) in [7, 11) is -4.74. The molecule has 2 N–H and O–H groups in total. The molecule has 1 saturated heterocycles. The molecule has 2 rings (SSSR count). The predicted molar refractivity (Wildman–Crippen MR) is 67.1 cm³/mol. The van der Waals surface area contributed by atoms with Crippen LogP contribution in [0.25, 0.3) is 0 Å². The highest BCUT2D eigenvalue weighted by Crippen LogP contribution is 2.29. The molecule has 0 radical (unpaired) electrons. The van der Waals surface area contributed by atoms with Gasteiger partial charge in [-0.25, -0.2) is 4.98 Å². The third-order valence-corrected chi connectivity index (χ3v) is 4.15. The number of halogens is 2. The zero-order valence-electron chi connectivity index (χ0n) is 9.01. The lowest BCUT2D eigenvalue weighted by Crippen LogP contribution is -2.28. The van der Waals surface area contributed by atoms with Gasteiger partial charge in [-0.15, -0.1) is 3.89 Å². The molecule has 6 nitrogen and oxygen atoms in total. The highest BCUT2D eigenvalue weighted by Gasteiger charge is 2.40. The van der Waals surface area contributed by atoms with E-state index in [0.29, 0.717) is 4.47 Å². The normalized spacial score (nSPS) is 20.4. The van der Waals surface area contributed by atoms with Crippen LogP contribution in [0.1, 0.15) is 6.42 Å². The predicted octanol–water partition coefficient (Wildman–Crippen LogP) is 0.831. The Labute approximate surface area is 111 Å². The molecule has 1 aliphatic rings. The van der Waals surface area contributed by atoms with Gasteiger partial charge in [0.2, 0.25) is 5.91 Å². The molecular formula is C9H9BrFN3O3S. The van der Waals surface area contributed by atoms with Crippen LogP contribution >= 0.6 is 15.9 Å². The molecule has 1 fully saturated rings. The standard InChI is InChI=1S/C9H9BrFN3O3S/c10-5-1-7(12)9(13-3-5)14-4-6(2-8(14)15)18(11,16)17/h1,3,6H,2,4,12H2. The third-order valence-electron chi connectivity index (χ3n) is 2.61. The molecule has 1 aromatic rings. The lowest BCUT2D eigenvalue weighted by atomic mass is 10.3. The monoisotopic (exact) mass is 337 g/mol. The Morgan fingerprint density at radius 2 is 2.22 bits per heavy atom. The van der Waals surface area contributed by atoms with Crippen molar-refractivity contribution in [1.82, 2.24) is 4.98 Å². The van der Waals surface area contributed by atoms with Gasteiger partial charge in [-0.05, 0) is 22.0 Å². The second-order valence-electron chi connectivity index (χ2n) is 3.87. The molecule has 1 unspecified atom stereocenters. The highest BCUT2D eigenvalue weighted by atomic mass is 79.9. The van der Waals surface area contributed by atoms with Crippen LogP contribution in [0.2, 0.25) is 0 Å². The van der Waals surface area contributed by atoms with Gasteiger partial charge in [0.15, 0.2) is 5.82 Å². The first kappa shape index (κ1) is 13.2. The van der Waals surface area contributed by atoms with Gasteiger partial charge in [0.25, 0.3) is 0 Å². The van der Waals surface area contributed by atoms with Gasteiger partial charge in [0, 0.05) is 23.6 Å². The SMILES string of the molecule is Nc1cc(Br)cnc1N1CC(S(=O)(=O)F)CC1=O. The highest BCUT2D eigenvalue weighted by molar-refractivity contribution is 9.10. The number of aromatic nitrogens is 1. The van der Waals surface area contributed by atoms with Crippen LogP contribution in [0.4, 0.5) is 15.4 Å². The second kappa shape index (κ2) is 4.47. The maximum absolute atomic E-state index is 12.9. The summed E-state index contributed by atoms with van der Waals surface area (Å²) in [5.74, 6) is -0.364. The smallest absolute Gasteiger partial charge is 0.307 e. The van der Waals surface area contributed by atoms with Crippen LogP contribution in [0.5, 0.6) is 0 Å². The molecule has 0 aliphatic carbocycles. The van der Waals surface area contributed by atoms with Gasteiger partial charge in [-0.3, -0.25) is 9.69 Å². The summed E-state index contributed by atoms with van der Waals surface area (Å²) in [6.07, 6.45) is 1.03. The summed E-state index contributed by atoms with van der Waals surface area (Å²) in [6, 6.07) is 1.53. The zero-order chi connectivity index (χ0) is 13.5. The lowest BCUT2D eigenvalue weighted by molar-refractivity contribution is -0.117. The van der Waals surface area contributed by atoms with Gasteiger partial charge < -0.3 is 5.73 Å². The molecule has 9 heteroatoms. The Kier molecular flexibility index (Phi) is 3.28. The quantitative estimate of drug-likeness (QED) is 0.807. The number of carbonyl (C=O) groups is 1. The van der Waals surface area contributed by atoms with Crippen LogP contribution in [-0.2, 0) is 15.0 Å². The topological polar surface area (TPSA) is 93.4 Å². The number of anilines is 2. The minimum Gasteiger partial charge on any atom is -0.396 e. The largest absolute Gasteiger partial charge is 0.396 e. The number of nitrogens with two attached hydrogens (primary N) is 1. The number of rotatable bonds is 2. The van der Waals surface area contributed by atoms with E-state index in [-0.39, 0.29) is 18.1 Å². The summed E-state index contributed by atoms with van der Waals surface area (Å²) in [4.78, 5) is 16.7. The van der Waals surface area contributed by atoms with Gasteiger partial charge >= 0.3 is 10.2 Å². The van der Waals surface area contributed by atoms with Crippen molar-refractivity contribution in [1.29, 1.82) is 0 Å². The number of pyridine rings is 1. The molecule has 1 aromatic heterocycles. The van der Waals surface area contributed by atoms with Crippen molar-refractivity contribution in [3.8, 4) is 0 Å². The van der Waals surface area contributed by atoms with E-state index in [2.05, 4.69) is 20.9 Å².